The van der Waals surface area contributed by atoms with Crippen LogP contribution in [0.5, 0.6) is 0 Å². The number of hydrogen-bond acceptors (Lipinski definition) is 5. The molecule has 0 spiro atoms. The molecular weight excluding hydrogens is 306 g/mol. The van der Waals surface area contributed by atoms with Gasteiger partial charge in [0, 0.05) is 17.3 Å². The van der Waals surface area contributed by atoms with Crippen LogP contribution < -0.4 is 5.56 Å². The fourth-order valence-corrected chi connectivity index (χ4v) is 2.03. The quantitative estimate of drug-likeness (QED) is 0.740. The zero-order valence-corrected chi connectivity index (χ0v) is 12.4. The van der Waals surface area contributed by atoms with Gasteiger partial charge in [-0.1, -0.05) is 5.16 Å². The van der Waals surface area contributed by atoms with E-state index in [1.807, 2.05) is 0 Å². The van der Waals surface area contributed by atoms with Crippen LogP contribution >= 0.6 is 0 Å². The molecule has 118 valence electrons. The molecule has 0 fully saturated rings. The van der Waals surface area contributed by atoms with Crippen molar-refractivity contribution < 1.29 is 13.3 Å². The Morgan fingerprint density at radius 3 is 2.78 bits per heavy atom. The van der Waals surface area contributed by atoms with Crippen molar-refractivity contribution in [2.45, 2.75) is 20.4 Å². The minimum Gasteiger partial charge on any atom is -0.334 e. The van der Waals surface area contributed by atoms with Crippen molar-refractivity contribution in [3.63, 3.8) is 0 Å². The molecule has 0 aliphatic rings. The van der Waals surface area contributed by atoms with Crippen LogP contribution in [0.4, 0.5) is 8.78 Å². The highest BCUT2D eigenvalue weighted by Crippen LogP contribution is 2.21. The van der Waals surface area contributed by atoms with Crippen LogP contribution in [-0.4, -0.2) is 19.7 Å². The lowest BCUT2D eigenvalue weighted by atomic mass is 10.2. The SMILES string of the molecule is Cc1ncn(Cc2noc(-c3ccc(F)cc3F)n2)c(=O)c1C. The summed E-state index contributed by atoms with van der Waals surface area (Å²) in [6.45, 7) is 3.46. The van der Waals surface area contributed by atoms with Gasteiger partial charge in [-0.15, -0.1) is 0 Å². The first-order valence-corrected chi connectivity index (χ1v) is 6.76. The van der Waals surface area contributed by atoms with E-state index in [-0.39, 0.29) is 29.4 Å². The summed E-state index contributed by atoms with van der Waals surface area (Å²) >= 11 is 0. The van der Waals surface area contributed by atoms with E-state index >= 15 is 0 Å². The molecule has 0 saturated carbocycles. The number of aryl methyl sites for hydroxylation is 1. The summed E-state index contributed by atoms with van der Waals surface area (Å²) in [6, 6.07) is 3.04. The average molecular weight is 318 g/mol. The van der Waals surface area contributed by atoms with Gasteiger partial charge in [0.15, 0.2) is 5.82 Å². The summed E-state index contributed by atoms with van der Waals surface area (Å²) in [4.78, 5) is 20.2. The molecule has 0 N–H and O–H groups in total. The summed E-state index contributed by atoms with van der Waals surface area (Å²) in [6.07, 6.45) is 1.39. The topological polar surface area (TPSA) is 73.8 Å². The van der Waals surface area contributed by atoms with Crippen LogP contribution in [0.1, 0.15) is 17.1 Å². The minimum atomic E-state index is -0.801. The fourth-order valence-electron chi connectivity index (χ4n) is 2.03. The number of halogens is 2. The molecule has 8 heteroatoms. The van der Waals surface area contributed by atoms with Crippen molar-refractivity contribution in [2.24, 2.45) is 0 Å². The molecule has 0 saturated heterocycles. The van der Waals surface area contributed by atoms with E-state index in [1.165, 1.54) is 17.0 Å². The van der Waals surface area contributed by atoms with Gasteiger partial charge in [-0.05, 0) is 26.0 Å². The second-order valence-electron chi connectivity index (χ2n) is 5.03. The Bertz CT molecular complexity index is 933. The zero-order chi connectivity index (χ0) is 16.6. The lowest BCUT2D eigenvalue weighted by molar-refractivity contribution is 0.417. The first-order valence-electron chi connectivity index (χ1n) is 6.76. The lowest BCUT2D eigenvalue weighted by Crippen LogP contribution is -2.24. The van der Waals surface area contributed by atoms with E-state index in [0.29, 0.717) is 11.3 Å². The van der Waals surface area contributed by atoms with Crippen molar-refractivity contribution in [2.75, 3.05) is 0 Å². The molecule has 0 radical (unpaired) electrons. The van der Waals surface area contributed by atoms with Gasteiger partial charge in [0.2, 0.25) is 0 Å². The maximum atomic E-state index is 13.7. The highest BCUT2D eigenvalue weighted by Gasteiger charge is 2.15. The Balaban J connectivity index is 1.91. The summed E-state index contributed by atoms with van der Waals surface area (Å²) < 4.78 is 32.9. The molecule has 3 aromatic rings. The van der Waals surface area contributed by atoms with Crippen molar-refractivity contribution >= 4 is 0 Å². The van der Waals surface area contributed by atoms with Crippen LogP contribution in [0.25, 0.3) is 11.5 Å². The molecule has 0 unspecified atom stereocenters. The van der Waals surface area contributed by atoms with E-state index in [0.717, 1.165) is 12.1 Å². The third kappa shape index (κ3) is 2.87. The normalized spacial score (nSPS) is 11.0. The predicted octanol–water partition coefficient (Wildman–Crippen LogP) is 2.24. The first kappa shape index (κ1) is 15.0. The van der Waals surface area contributed by atoms with Gasteiger partial charge in [-0.3, -0.25) is 9.36 Å². The zero-order valence-electron chi connectivity index (χ0n) is 12.4. The standard InChI is InChI=1S/C15H12F2N4O2/c1-8-9(2)18-7-21(15(8)22)6-13-19-14(23-20-13)11-4-3-10(16)5-12(11)17/h3-5,7H,6H2,1-2H3. The molecule has 0 aliphatic carbocycles. The molecule has 0 bridgehead atoms. The van der Waals surface area contributed by atoms with E-state index in [9.17, 15) is 13.6 Å². The number of nitrogens with zero attached hydrogens (tertiary/aromatic N) is 4. The van der Waals surface area contributed by atoms with Crippen molar-refractivity contribution in [3.05, 3.63) is 63.6 Å². The molecule has 1 aromatic carbocycles. The molecule has 2 aromatic heterocycles. The summed E-state index contributed by atoms with van der Waals surface area (Å²) in [7, 11) is 0. The van der Waals surface area contributed by atoms with Gasteiger partial charge in [0.05, 0.1) is 18.4 Å². The largest absolute Gasteiger partial charge is 0.334 e. The number of rotatable bonds is 3. The maximum absolute atomic E-state index is 13.7. The smallest absolute Gasteiger partial charge is 0.260 e. The average Bonchev–Trinajstić information content (AvgIpc) is 2.96. The Hall–Kier alpha value is -2.90. The third-order valence-corrected chi connectivity index (χ3v) is 3.46. The van der Waals surface area contributed by atoms with Crippen molar-refractivity contribution in [1.29, 1.82) is 0 Å². The highest BCUT2D eigenvalue weighted by molar-refractivity contribution is 5.53. The molecule has 0 atom stereocenters. The summed E-state index contributed by atoms with van der Waals surface area (Å²) in [5.41, 5.74) is 0.960. The van der Waals surface area contributed by atoms with Crippen LogP contribution in [0.15, 0.2) is 33.8 Å². The number of benzene rings is 1. The number of aromatic nitrogens is 4. The molecular formula is C15H12F2N4O2. The Kier molecular flexibility index (Phi) is 3.73. The molecule has 23 heavy (non-hydrogen) atoms. The van der Waals surface area contributed by atoms with E-state index < -0.39 is 11.6 Å². The molecule has 3 rings (SSSR count). The Morgan fingerprint density at radius 2 is 2.04 bits per heavy atom. The predicted molar refractivity (Wildman–Crippen MR) is 76.7 cm³/mol. The fraction of sp³-hybridized carbons (Fsp3) is 0.200. The maximum Gasteiger partial charge on any atom is 0.260 e. The van der Waals surface area contributed by atoms with Crippen LogP contribution in [0.2, 0.25) is 0 Å². The van der Waals surface area contributed by atoms with Crippen LogP contribution in [0, 0.1) is 25.5 Å². The van der Waals surface area contributed by atoms with Crippen molar-refractivity contribution in [3.8, 4) is 11.5 Å². The monoisotopic (exact) mass is 318 g/mol. The third-order valence-electron chi connectivity index (χ3n) is 3.46. The van der Waals surface area contributed by atoms with Gasteiger partial charge < -0.3 is 4.52 Å². The Morgan fingerprint density at radius 1 is 1.26 bits per heavy atom. The molecule has 6 nitrogen and oxygen atoms in total. The highest BCUT2D eigenvalue weighted by atomic mass is 19.1. The second kappa shape index (κ2) is 5.71. The van der Waals surface area contributed by atoms with Gasteiger partial charge in [-0.25, -0.2) is 13.8 Å². The molecule has 0 aliphatic heterocycles. The minimum absolute atomic E-state index is 0.00397. The summed E-state index contributed by atoms with van der Waals surface area (Å²) in [5.74, 6) is -1.39. The first-order chi connectivity index (χ1) is 11.0. The molecule has 2 heterocycles. The van der Waals surface area contributed by atoms with Crippen molar-refractivity contribution in [1.82, 2.24) is 19.7 Å². The van der Waals surface area contributed by atoms with E-state index in [2.05, 4.69) is 15.1 Å². The molecule has 0 amide bonds. The second-order valence-corrected chi connectivity index (χ2v) is 5.03. The van der Waals surface area contributed by atoms with E-state index in [4.69, 9.17) is 4.52 Å². The van der Waals surface area contributed by atoms with Crippen LogP contribution in [-0.2, 0) is 6.54 Å². The van der Waals surface area contributed by atoms with Gasteiger partial charge in [0.25, 0.3) is 11.4 Å². The van der Waals surface area contributed by atoms with E-state index in [1.54, 1.807) is 13.8 Å². The number of hydrogen-bond donors (Lipinski definition) is 0. The van der Waals surface area contributed by atoms with Crippen LogP contribution in [0.3, 0.4) is 0 Å². The Labute approximate surface area is 129 Å². The lowest BCUT2D eigenvalue weighted by Gasteiger charge is -2.04. The van der Waals surface area contributed by atoms with Gasteiger partial charge in [0.1, 0.15) is 11.6 Å². The summed E-state index contributed by atoms with van der Waals surface area (Å²) in [5, 5.41) is 3.71. The van der Waals surface area contributed by atoms with Gasteiger partial charge >= 0.3 is 0 Å². The van der Waals surface area contributed by atoms with Gasteiger partial charge in [-0.2, -0.15) is 4.98 Å².